The summed E-state index contributed by atoms with van der Waals surface area (Å²) in [5.41, 5.74) is 4.12. The summed E-state index contributed by atoms with van der Waals surface area (Å²) in [5, 5.41) is 15.4. The zero-order valence-electron chi connectivity index (χ0n) is 11.7. The highest BCUT2D eigenvalue weighted by atomic mass is 16.3. The lowest BCUT2D eigenvalue weighted by molar-refractivity contribution is 0.0954. The zero-order valence-corrected chi connectivity index (χ0v) is 11.7. The van der Waals surface area contributed by atoms with Gasteiger partial charge in [-0.3, -0.25) is 4.79 Å². The van der Waals surface area contributed by atoms with E-state index in [0.717, 1.165) is 30.6 Å². The maximum Gasteiger partial charge on any atom is 0.251 e. The van der Waals surface area contributed by atoms with Crippen LogP contribution in [0.25, 0.3) is 0 Å². The highest BCUT2D eigenvalue weighted by Crippen LogP contribution is 2.23. The van der Waals surface area contributed by atoms with Gasteiger partial charge < -0.3 is 15.7 Å². The predicted molar refractivity (Wildman–Crippen MR) is 82.8 cm³/mol. The molecule has 1 heterocycles. The summed E-state index contributed by atoms with van der Waals surface area (Å²) in [7, 11) is 0. The molecule has 0 bridgehead atoms. The molecule has 108 valence electrons. The van der Waals surface area contributed by atoms with Crippen LogP contribution in [0, 0.1) is 0 Å². The van der Waals surface area contributed by atoms with Crippen LogP contribution in [0.1, 0.15) is 21.5 Å². The van der Waals surface area contributed by atoms with Crippen molar-refractivity contribution >= 4 is 11.6 Å². The van der Waals surface area contributed by atoms with Crippen LogP contribution in [0.4, 0.5) is 5.69 Å². The van der Waals surface area contributed by atoms with E-state index in [0.29, 0.717) is 12.1 Å². The summed E-state index contributed by atoms with van der Waals surface area (Å²) in [6.07, 6.45) is 1.77. The number of anilines is 1. The zero-order chi connectivity index (χ0) is 14.7. The van der Waals surface area contributed by atoms with Crippen molar-refractivity contribution in [1.29, 1.82) is 0 Å². The monoisotopic (exact) mass is 282 g/mol. The molecule has 0 radical (unpaired) electrons. The highest BCUT2D eigenvalue weighted by molar-refractivity contribution is 5.95. The minimum Gasteiger partial charge on any atom is -0.508 e. The Morgan fingerprint density at radius 3 is 2.81 bits per heavy atom. The maximum absolute atomic E-state index is 12.1. The van der Waals surface area contributed by atoms with E-state index in [2.05, 4.69) is 10.6 Å². The van der Waals surface area contributed by atoms with Crippen LogP contribution in [-0.2, 0) is 12.8 Å². The number of benzene rings is 2. The van der Waals surface area contributed by atoms with Crippen molar-refractivity contribution in [3.8, 4) is 5.75 Å². The minimum atomic E-state index is -0.0507. The molecular weight excluding hydrogens is 264 g/mol. The molecule has 0 spiro atoms. The lowest BCUT2D eigenvalue weighted by Crippen LogP contribution is -2.25. The van der Waals surface area contributed by atoms with Gasteiger partial charge in [-0.1, -0.05) is 18.2 Å². The molecule has 2 aromatic rings. The van der Waals surface area contributed by atoms with Gasteiger partial charge in [0.15, 0.2) is 0 Å². The first-order valence-electron chi connectivity index (χ1n) is 7.15. The second-order valence-corrected chi connectivity index (χ2v) is 5.22. The Hall–Kier alpha value is -2.49. The summed E-state index contributed by atoms with van der Waals surface area (Å²) in [5.74, 6) is 0.207. The fourth-order valence-electron chi connectivity index (χ4n) is 2.52. The van der Waals surface area contributed by atoms with Gasteiger partial charge in [-0.05, 0) is 48.2 Å². The Bertz CT molecular complexity index is 650. The number of phenolic OH excluding ortho intramolecular Hbond substituents is 1. The fourth-order valence-corrected chi connectivity index (χ4v) is 2.52. The number of fused-ring (bicyclic) bond motifs is 1. The average Bonchev–Trinajstić information content (AvgIpc) is 2.96. The Kier molecular flexibility index (Phi) is 3.77. The van der Waals surface area contributed by atoms with E-state index in [1.807, 2.05) is 30.3 Å². The summed E-state index contributed by atoms with van der Waals surface area (Å²) in [6.45, 7) is 1.52. The van der Waals surface area contributed by atoms with Crippen LogP contribution in [-0.4, -0.2) is 24.1 Å². The molecular formula is C17H18N2O2. The topological polar surface area (TPSA) is 61.4 Å². The molecule has 1 aliphatic rings. The van der Waals surface area contributed by atoms with Gasteiger partial charge in [0.25, 0.3) is 5.91 Å². The van der Waals surface area contributed by atoms with E-state index in [1.165, 1.54) is 5.56 Å². The number of aromatic hydroxyl groups is 1. The van der Waals surface area contributed by atoms with E-state index in [9.17, 15) is 9.90 Å². The summed E-state index contributed by atoms with van der Waals surface area (Å²) < 4.78 is 0. The van der Waals surface area contributed by atoms with Crippen LogP contribution in [0.15, 0.2) is 42.5 Å². The Morgan fingerprint density at radius 2 is 2.00 bits per heavy atom. The fraction of sp³-hybridized carbons (Fsp3) is 0.235. The number of carbonyl (C=O) groups is 1. The minimum absolute atomic E-state index is 0.0507. The quantitative estimate of drug-likeness (QED) is 0.806. The number of phenols is 1. The summed E-state index contributed by atoms with van der Waals surface area (Å²) >= 11 is 0. The first-order valence-corrected chi connectivity index (χ1v) is 7.15. The largest absolute Gasteiger partial charge is 0.508 e. The molecule has 4 nitrogen and oxygen atoms in total. The third-order valence-corrected chi connectivity index (χ3v) is 3.72. The van der Waals surface area contributed by atoms with Crippen molar-refractivity contribution in [2.24, 2.45) is 0 Å². The van der Waals surface area contributed by atoms with E-state index in [4.69, 9.17) is 0 Å². The molecule has 1 aliphatic heterocycles. The molecule has 4 heteroatoms. The number of carbonyl (C=O) groups excluding carboxylic acids is 1. The van der Waals surface area contributed by atoms with E-state index < -0.39 is 0 Å². The molecule has 1 amide bonds. The maximum atomic E-state index is 12.1. The van der Waals surface area contributed by atoms with Gasteiger partial charge in [0, 0.05) is 24.3 Å². The SMILES string of the molecule is O=C(NCCc1ccc(O)cc1)c1ccc2c(c1)NCC2. The van der Waals surface area contributed by atoms with Crippen LogP contribution in [0.2, 0.25) is 0 Å². The van der Waals surface area contributed by atoms with Crippen molar-refractivity contribution in [2.45, 2.75) is 12.8 Å². The van der Waals surface area contributed by atoms with E-state index in [1.54, 1.807) is 12.1 Å². The van der Waals surface area contributed by atoms with Gasteiger partial charge in [-0.15, -0.1) is 0 Å². The summed E-state index contributed by atoms with van der Waals surface area (Å²) in [6, 6.07) is 12.8. The van der Waals surface area contributed by atoms with Crippen LogP contribution < -0.4 is 10.6 Å². The predicted octanol–water partition coefficient (Wildman–Crippen LogP) is 2.33. The van der Waals surface area contributed by atoms with Crippen molar-refractivity contribution in [3.63, 3.8) is 0 Å². The second-order valence-electron chi connectivity index (χ2n) is 5.22. The van der Waals surface area contributed by atoms with Gasteiger partial charge >= 0.3 is 0 Å². The third-order valence-electron chi connectivity index (χ3n) is 3.72. The van der Waals surface area contributed by atoms with Gasteiger partial charge in [0.1, 0.15) is 5.75 Å². The molecule has 3 rings (SSSR count). The number of nitrogens with one attached hydrogen (secondary N) is 2. The Labute approximate surface area is 123 Å². The van der Waals surface area contributed by atoms with Crippen molar-refractivity contribution < 1.29 is 9.90 Å². The molecule has 0 saturated carbocycles. The highest BCUT2D eigenvalue weighted by Gasteiger charge is 2.13. The van der Waals surface area contributed by atoms with Crippen molar-refractivity contribution in [1.82, 2.24) is 5.32 Å². The summed E-state index contributed by atoms with van der Waals surface area (Å²) in [4.78, 5) is 12.1. The number of hydrogen-bond acceptors (Lipinski definition) is 3. The standard InChI is InChI=1S/C17H18N2O2/c20-15-5-1-12(2-6-15)7-9-19-17(21)14-4-3-13-8-10-18-16(13)11-14/h1-6,11,18,20H,7-10H2,(H,19,21). The third kappa shape index (κ3) is 3.16. The Morgan fingerprint density at radius 1 is 1.19 bits per heavy atom. The molecule has 0 aromatic heterocycles. The van der Waals surface area contributed by atoms with Gasteiger partial charge in [0.2, 0.25) is 0 Å². The smallest absolute Gasteiger partial charge is 0.251 e. The Balaban J connectivity index is 1.55. The van der Waals surface area contributed by atoms with Crippen molar-refractivity contribution in [2.75, 3.05) is 18.4 Å². The lowest BCUT2D eigenvalue weighted by atomic mass is 10.1. The second kappa shape index (κ2) is 5.87. The molecule has 0 aliphatic carbocycles. The normalized spacial score (nSPS) is 12.6. The number of hydrogen-bond donors (Lipinski definition) is 3. The molecule has 0 atom stereocenters. The van der Waals surface area contributed by atoms with E-state index >= 15 is 0 Å². The van der Waals surface area contributed by atoms with Gasteiger partial charge in [0.05, 0.1) is 0 Å². The first kappa shape index (κ1) is 13.5. The van der Waals surface area contributed by atoms with Crippen LogP contribution >= 0.6 is 0 Å². The molecule has 0 fully saturated rings. The average molecular weight is 282 g/mol. The molecule has 2 aromatic carbocycles. The first-order chi connectivity index (χ1) is 10.2. The van der Waals surface area contributed by atoms with Crippen LogP contribution in [0.5, 0.6) is 5.75 Å². The van der Waals surface area contributed by atoms with E-state index in [-0.39, 0.29) is 11.7 Å². The van der Waals surface area contributed by atoms with Gasteiger partial charge in [-0.2, -0.15) is 0 Å². The molecule has 0 unspecified atom stereocenters. The number of rotatable bonds is 4. The molecule has 3 N–H and O–H groups in total. The number of amides is 1. The van der Waals surface area contributed by atoms with Crippen LogP contribution in [0.3, 0.4) is 0 Å². The van der Waals surface area contributed by atoms with Crippen molar-refractivity contribution in [3.05, 3.63) is 59.2 Å². The molecule has 0 saturated heterocycles. The molecule has 21 heavy (non-hydrogen) atoms. The van der Waals surface area contributed by atoms with Gasteiger partial charge in [-0.25, -0.2) is 0 Å². The lowest BCUT2D eigenvalue weighted by Gasteiger charge is -2.07.